The molecule has 0 N–H and O–H groups in total. The van der Waals surface area contributed by atoms with Gasteiger partial charge in [-0.05, 0) is 51.7 Å². The number of nitrogens with zero attached hydrogens (tertiary/aromatic N) is 4. The predicted octanol–water partition coefficient (Wildman–Crippen LogP) is 4.00. The zero-order chi connectivity index (χ0) is 19.1. The SMILES string of the molecule is CCOC(=O)CCCSc1nnc(N2CCCCC2)n1-c1ccc(C)cc1. The van der Waals surface area contributed by atoms with Gasteiger partial charge < -0.3 is 9.64 Å². The lowest BCUT2D eigenvalue weighted by atomic mass is 10.1. The van der Waals surface area contributed by atoms with Crippen LogP contribution in [0, 0.1) is 6.92 Å². The first-order chi connectivity index (χ1) is 13.2. The Morgan fingerprint density at radius 3 is 2.59 bits per heavy atom. The summed E-state index contributed by atoms with van der Waals surface area (Å²) < 4.78 is 7.15. The summed E-state index contributed by atoms with van der Waals surface area (Å²) in [5, 5.41) is 9.85. The standard InChI is InChI=1S/C20H28N4O2S/c1-3-26-18(25)8-7-15-27-20-22-21-19(23-13-5-4-6-14-23)24(20)17-11-9-16(2)10-12-17/h9-12H,3-8,13-15H2,1-2H3. The molecule has 2 heterocycles. The molecule has 0 spiro atoms. The number of thioether (sulfide) groups is 1. The number of benzene rings is 1. The maximum absolute atomic E-state index is 11.5. The monoisotopic (exact) mass is 388 g/mol. The molecule has 3 rings (SSSR count). The summed E-state index contributed by atoms with van der Waals surface area (Å²) in [6, 6.07) is 8.47. The molecule has 0 amide bonds. The fourth-order valence-corrected chi connectivity index (χ4v) is 4.07. The van der Waals surface area contributed by atoms with E-state index >= 15 is 0 Å². The van der Waals surface area contributed by atoms with Crippen molar-refractivity contribution in [3.8, 4) is 5.69 Å². The number of piperidine rings is 1. The molecule has 0 atom stereocenters. The number of aromatic nitrogens is 3. The van der Waals surface area contributed by atoms with E-state index in [0.29, 0.717) is 13.0 Å². The minimum Gasteiger partial charge on any atom is -0.466 e. The lowest BCUT2D eigenvalue weighted by Crippen LogP contribution is -2.31. The van der Waals surface area contributed by atoms with E-state index in [9.17, 15) is 4.79 Å². The second-order valence-corrected chi connectivity index (χ2v) is 7.82. The molecule has 0 saturated carbocycles. The number of anilines is 1. The van der Waals surface area contributed by atoms with Crippen LogP contribution in [-0.4, -0.2) is 46.2 Å². The van der Waals surface area contributed by atoms with E-state index in [1.165, 1.54) is 24.8 Å². The fraction of sp³-hybridized carbons (Fsp3) is 0.550. The van der Waals surface area contributed by atoms with Gasteiger partial charge in [0.2, 0.25) is 5.95 Å². The van der Waals surface area contributed by atoms with E-state index < -0.39 is 0 Å². The molecule has 2 aromatic rings. The van der Waals surface area contributed by atoms with Gasteiger partial charge in [-0.1, -0.05) is 29.5 Å². The summed E-state index contributed by atoms with van der Waals surface area (Å²) in [5.74, 6) is 1.60. The fourth-order valence-electron chi connectivity index (χ4n) is 3.19. The molecule has 1 saturated heterocycles. The Hall–Kier alpha value is -2.02. The van der Waals surface area contributed by atoms with Crippen LogP contribution in [0.2, 0.25) is 0 Å². The van der Waals surface area contributed by atoms with Gasteiger partial charge in [-0.15, -0.1) is 10.2 Å². The number of ether oxygens (including phenoxy) is 1. The first-order valence-electron chi connectivity index (χ1n) is 9.75. The van der Waals surface area contributed by atoms with Crippen LogP contribution in [0.1, 0.15) is 44.6 Å². The second-order valence-electron chi connectivity index (χ2n) is 6.76. The summed E-state index contributed by atoms with van der Waals surface area (Å²) in [4.78, 5) is 13.8. The third-order valence-corrected chi connectivity index (χ3v) is 5.62. The topological polar surface area (TPSA) is 60.2 Å². The number of carbonyl (C=O) groups excluding carboxylic acids is 1. The van der Waals surface area contributed by atoms with Crippen molar-refractivity contribution in [2.75, 3.05) is 30.3 Å². The van der Waals surface area contributed by atoms with Crippen molar-refractivity contribution in [3.63, 3.8) is 0 Å². The van der Waals surface area contributed by atoms with Gasteiger partial charge in [0, 0.05) is 25.3 Å². The van der Waals surface area contributed by atoms with Crippen molar-refractivity contribution in [2.24, 2.45) is 0 Å². The minimum absolute atomic E-state index is 0.132. The normalized spacial score (nSPS) is 14.4. The first-order valence-corrected chi connectivity index (χ1v) is 10.7. The number of hydrogen-bond acceptors (Lipinski definition) is 6. The molecule has 0 unspecified atom stereocenters. The van der Waals surface area contributed by atoms with Gasteiger partial charge >= 0.3 is 5.97 Å². The molecule has 0 radical (unpaired) electrons. The van der Waals surface area contributed by atoms with Gasteiger partial charge in [0.15, 0.2) is 5.16 Å². The van der Waals surface area contributed by atoms with Crippen LogP contribution in [0.5, 0.6) is 0 Å². The van der Waals surface area contributed by atoms with Gasteiger partial charge in [-0.3, -0.25) is 9.36 Å². The molecule has 27 heavy (non-hydrogen) atoms. The van der Waals surface area contributed by atoms with Crippen molar-refractivity contribution in [1.82, 2.24) is 14.8 Å². The number of hydrogen-bond donors (Lipinski definition) is 0. The van der Waals surface area contributed by atoms with Crippen LogP contribution < -0.4 is 4.90 Å². The van der Waals surface area contributed by atoms with Crippen LogP contribution in [0.25, 0.3) is 5.69 Å². The molecule has 1 fully saturated rings. The van der Waals surface area contributed by atoms with Crippen molar-refractivity contribution in [2.45, 2.75) is 51.1 Å². The second kappa shape index (κ2) is 9.78. The molecule has 7 heteroatoms. The van der Waals surface area contributed by atoms with Gasteiger partial charge in [0.25, 0.3) is 0 Å². The summed E-state index contributed by atoms with van der Waals surface area (Å²) >= 11 is 1.65. The Morgan fingerprint density at radius 1 is 1.15 bits per heavy atom. The van der Waals surface area contributed by atoms with Crippen molar-refractivity contribution in [1.29, 1.82) is 0 Å². The van der Waals surface area contributed by atoms with Gasteiger partial charge in [-0.2, -0.15) is 0 Å². The van der Waals surface area contributed by atoms with Gasteiger partial charge in [-0.25, -0.2) is 0 Å². The molecule has 146 valence electrons. The molecular formula is C20H28N4O2S. The lowest BCUT2D eigenvalue weighted by molar-refractivity contribution is -0.143. The first kappa shape index (κ1) is 19.7. The van der Waals surface area contributed by atoms with Crippen LogP contribution in [0.15, 0.2) is 29.4 Å². The van der Waals surface area contributed by atoms with Crippen molar-refractivity contribution < 1.29 is 9.53 Å². The zero-order valence-corrected chi connectivity index (χ0v) is 17.0. The molecule has 1 aliphatic heterocycles. The highest BCUT2D eigenvalue weighted by molar-refractivity contribution is 7.99. The van der Waals surface area contributed by atoms with Crippen molar-refractivity contribution >= 4 is 23.7 Å². The van der Waals surface area contributed by atoms with Crippen LogP contribution in [0.4, 0.5) is 5.95 Å². The highest BCUT2D eigenvalue weighted by Gasteiger charge is 2.21. The van der Waals surface area contributed by atoms with E-state index in [1.807, 2.05) is 6.92 Å². The molecule has 0 aliphatic carbocycles. The maximum Gasteiger partial charge on any atom is 0.305 e. The number of carbonyl (C=O) groups is 1. The van der Waals surface area contributed by atoms with E-state index in [0.717, 1.165) is 42.1 Å². The van der Waals surface area contributed by atoms with E-state index in [2.05, 4.69) is 50.9 Å². The molecular weight excluding hydrogens is 360 g/mol. The Balaban J connectivity index is 1.75. The average molecular weight is 389 g/mol. The molecule has 1 aliphatic rings. The highest BCUT2D eigenvalue weighted by Crippen LogP contribution is 2.29. The van der Waals surface area contributed by atoms with E-state index in [1.54, 1.807) is 11.8 Å². The van der Waals surface area contributed by atoms with E-state index in [-0.39, 0.29) is 5.97 Å². The van der Waals surface area contributed by atoms with Gasteiger partial charge in [0.05, 0.1) is 12.3 Å². The highest BCUT2D eigenvalue weighted by atomic mass is 32.2. The number of rotatable bonds is 8. The number of esters is 1. The smallest absolute Gasteiger partial charge is 0.305 e. The summed E-state index contributed by atoms with van der Waals surface area (Å²) in [5.41, 5.74) is 2.31. The third kappa shape index (κ3) is 5.25. The average Bonchev–Trinajstić information content (AvgIpc) is 3.11. The third-order valence-electron chi connectivity index (χ3n) is 4.61. The molecule has 0 bridgehead atoms. The predicted molar refractivity (Wildman–Crippen MR) is 109 cm³/mol. The van der Waals surface area contributed by atoms with Crippen LogP contribution >= 0.6 is 11.8 Å². The molecule has 6 nitrogen and oxygen atoms in total. The largest absolute Gasteiger partial charge is 0.466 e. The minimum atomic E-state index is -0.132. The zero-order valence-electron chi connectivity index (χ0n) is 16.2. The van der Waals surface area contributed by atoms with Gasteiger partial charge in [0.1, 0.15) is 0 Å². The van der Waals surface area contributed by atoms with Crippen LogP contribution in [0.3, 0.4) is 0 Å². The Bertz CT molecular complexity index is 739. The Morgan fingerprint density at radius 2 is 1.89 bits per heavy atom. The van der Waals surface area contributed by atoms with Crippen molar-refractivity contribution in [3.05, 3.63) is 29.8 Å². The molecule has 1 aromatic heterocycles. The maximum atomic E-state index is 11.5. The Labute approximate surface area is 165 Å². The summed E-state index contributed by atoms with van der Waals surface area (Å²) in [6.07, 6.45) is 4.89. The Kier molecular flexibility index (Phi) is 7.15. The number of aryl methyl sites for hydroxylation is 1. The quantitative estimate of drug-likeness (QED) is 0.387. The van der Waals surface area contributed by atoms with Crippen LogP contribution in [-0.2, 0) is 9.53 Å². The molecule has 1 aromatic carbocycles. The summed E-state index contributed by atoms with van der Waals surface area (Å²) in [6.45, 7) is 6.41. The van der Waals surface area contributed by atoms with E-state index in [4.69, 9.17) is 4.74 Å². The lowest BCUT2D eigenvalue weighted by Gasteiger charge is -2.27. The summed E-state index contributed by atoms with van der Waals surface area (Å²) in [7, 11) is 0.